The number of aromatic nitrogens is 2. The van der Waals surface area contributed by atoms with Crippen molar-refractivity contribution < 1.29 is 13.9 Å². The lowest BCUT2D eigenvalue weighted by Gasteiger charge is -2.39. The van der Waals surface area contributed by atoms with Gasteiger partial charge in [-0.25, -0.2) is 0 Å². The Bertz CT molecular complexity index is 795. The van der Waals surface area contributed by atoms with Crippen LogP contribution in [0.2, 0.25) is 5.02 Å². The highest BCUT2D eigenvalue weighted by Gasteiger charge is 2.45. The number of nitrogens with zero attached hydrogens (tertiary/aromatic N) is 3. The number of benzene rings is 1. The number of ether oxygens (including phenoxy) is 1. The first kappa shape index (κ1) is 18.4. The van der Waals surface area contributed by atoms with Crippen molar-refractivity contribution in [3.8, 4) is 0 Å². The summed E-state index contributed by atoms with van der Waals surface area (Å²) in [5.41, 5.74) is 0.947. The lowest BCUT2D eigenvalue weighted by molar-refractivity contribution is -0.132. The van der Waals surface area contributed by atoms with Crippen LogP contribution in [0.15, 0.2) is 28.7 Å². The summed E-state index contributed by atoms with van der Waals surface area (Å²) in [6.45, 7) is 1.35. The summed E-state index contributed by atoms with van der Waals surface area (Å²) in [4.78, 5) is 14.2. The van der Waals surface area contributed by atoms with Crippen LogP contribution < -0.4 is 0 Å². The second-order valence-electron chi connectivity index (χ2n) is 7.47. The van der Waals surface area contributed by atoms with Crippen LogP contribution in [0.5, 0.6) is 0 Å². The van der Waals surface area contributed by atoms with Gasteiger partial charge >= 0.3 is 0 Å². The van der Waals surface area contributed by atoms with Crippen molar-refractivity contribution in [1.82, 2.24) is 15.1 Å². The number of likely N-dealkylation sites (N-methyl/N-ethyl adjacent to an activating group) is 1. The zero-order valence-electron chi connectivity index (χ0n) is 15.5. The van der Waals surface area contributed by atoms with Crippen molar-refractivity contribution in [2.75, 3.05) is 20.3 Å². The van der Waals surface area contributed by atoms with Crippen LogP contribution in [0.25, 0.3) is 0 Å². The molecule has 1 aliphatic heterocycles. The van der Waals surface area contributed by atoms with E-state index in [0.29, 0.717) is 31.2 Å². The van der Waals surface area contributed by atoms with Gasteiger partial charge in [-0.2, -0.15) is 0 Å². The molecule has 4 rings (SSSR count). The van der Waals surface area contributed by atoms with E-state index in [9.17, 15) is 4.79 Å². The summed E-state index contributed by atoms with van der Waals surface area (Å²) >= 11 is 6.02. The Morgan fingerprint density at radius 1 is 1.30 bits per heavy atom. The van der Waals surface area contributed by atoms with E-state index in [-0.39, 0.29) is 17.4 Å². The van der Waals surface area contributed by atoms with E-state index < -0.39 is 0 Å². The first-order chi connectivity index (χ1) is 13.1. The Hall–Kier alpha value is -1.92. The summed E-state index contributed by atoms with van der Waals surface area (Å²) < 4.78 is 11.3. The average Bonchev–Trinajstić information content (AvgIpc) is 3.32. The lowest BCUT2D eigenvalue weighted by Crippen LogP contribution is -2.37. The number of aryl methyl sites for hydroxylation is 1. The topological polar surface area (TPSA) is 68.5 Å². The Morgan fingerprint density at radius 2 is 2.07 bits per heavy atom. The molecule has 1 atom stereocenters. The Balaban J connectivity index is 1.42. The molecule has 0 spiro atoms. The van der Waals surface area contributed by atoms with E-state index in [0.717, 1.165) is 42.9 Å². The minimum Gasteiger partial charge on any atom is -0.424 e. The number of hydrogen-bond donors (Lipinski definition) is 0. The van der Waals surface area contributed by atoms with Crippen molar-refractivity contribution in [3.63, 3.8) is 0 Å². The molecule has 27 heavy (non-hydrogen) atoms. The predicted octanol–water partition coefficient (Wildman–Crippen LogP) is 3.37. The first-order valence-electron chi connectivity index (χ1n) is 9.51. The molecular formula is C20H24ClN3O3. The van der Waals surface area contributed by atoms with Crippen molar-refractivity contribution in [2.45, 2.75) is 50.0 Å². The van der Waals surface area contributed by atoms with Crippen LogP contribution in [-0.4, -0.2) is 47.3 Å². The summed E-state index contributed by atoms with van der Waals surface area (Å²) in [7, 11) is 1.84. The van der Waals surface area contributed by atoms with Crippen molar-refractivity contribution in [2.24, 2.45) is 0 Å². The minimum atomic E-state index is -0.210. The van der Waals surface area contributed by atoms with Gasteiger partial charge < -0.3 is 14.1 Å². The molecule has 7 heteroatoms. The SMILES string of the molecule is CN(C(=O)CCc1nnc(C2(c3ccc(Cl)cc3)CCC2)o1)C1CCOC1. The Morgan fingerprint density at radius 3 is 2.70 bits per heavy atom. The quantitative estimate of drug-likeness (QED) is 0.757. The van der Waals surface area contributed by atoms with Gasteiger partial charge in [0.1, 0.15) is 0 Å². The molecule has 1 aromatic carbocycles. The number of carbonyl (C=O) groups excluding carboxylic acids is 1. The van der Waals surface area contributed by atoms with Gasteiger partial charge in [0.25, 0.3) is 0 Å². The maximum atomic E-state index is 12.4. The molecule has 2 heterocycles. The molecular weight excluding hydrogens is 366 g/mol. The third-order valence-corrected chi connectivity index (χ3v) is 6.13. The molecule has 2 aromatic rings. The van der Waals surface area contributed by atoms with Crippen LogP contribution in [0, 0.1) is 0 Å². The smallest absolute Gasteiger partial charge is 0.227 e. The molecule has 0 radical (unpaired) electrons. The minimum absolute atomic E-state index is 0.0845. The largest absolute Gasteiger partial charge is 0.424 e. The normalized spacial score (nSPS) is 21.0. The summed E-state index contributed by atoms with van der Waals surface area (Å²) in [6, 6.07) is 8.05. The number of hydrogen-bond acceptors (Lipinski definition) is 5. The zero-order chi connectivity index (χ0) is 18.9. The molecule has 144 valence electrons. The number of rotatable bonds is 6. The van der Waals surface area contributed by atoms with Crippen LogP contribution in [0.4, 0.5) is 0 Å². The van der Waals surface area contributed by atoms with Gasteiger partial charge in [0.15, 0.2) is 0 Å². The van der Waals surface area contributed by atoms with Crippen LogP contribution >= 0.6 is 11.6 Å². The van der Waals surface area contributed by atoms with E-state index in [1.54, 1.807) is 4.90 Å². The van der Waals surface area contributed by atoms with Crippen molar-refractivity contribution in [1.29, 1.82) is 0 Å². The van der Waals surface area contributed by atoms with Gasteiger partial charge in [0.2, 0.25) is 17.7 Å². The van der Waals surface area contributed by atoms with Crippen molar-refractivity contribution in [3.05, 3.63) is 46.6 Å². The van der Waals surface area contributed by atoms with E-state index >= 15 is 0 Å². The Kier molecular flexibility index (Phi) is 5.19. The lowest BCUT2D eigenvalue weighted by atomic mass is 9.64. The van der Waals surface area contributed by atoms with Crippen LogP contribution in [0.3, 0.4) is 0 Å². The Labute approximate surface area is 163 Å². The monoisotopic (exact) mass is 389 g/mol. The molecule has 1 amide bonds. The molecule has 0 bridgehead atoms. The van der Waals surface area contributed by atoms with Gasteiger partial charge in [0.05, 0.1) is 18.1 Å². The fraction of sp³-hybridized carbons (Fsp3) is 0.550. The highest BCUT2D eigenvalue weighted by molar-refractivity contribution is 6.30. The van der Waals surface area contributed by atoms with Gasteiger partial charge in [-0.3, -0.25) is 4.79 Å². The maximum absolute atomic E-state index is 12.4. The van der Waals surface area contributed by atoms with Crippen molar-refractivity contribution >= 4 is 17.5 Å². The van der Waals surface area contributed by atoms with E-state index in [4.69, 9.17) is 20.8 Å². The van der Waals surface area contributed by atoms with E-state index in [1.807, 2.05) is 31.3 Å². The fourth-order valence-electron chi connectivity index (χ4n) is 3.89. The fourth-order valence-corrected chi connectivity index (χ4v) is 4.02. The molecule has 2 aliphatic rings. The number of carbonyl (C=O) groups is 1. The first-order valence-corrected chi connectivity index (χ1v) is 9.88. The third-order valence-electron chi connectivity index (χ3n) is 5.88. The van der Waals surface area contributed by atoms with Gasteiger partial charge in [0, 0.05) is 31.5 Å². The average molecular weight is 390 g/mol. The zero-order valence-corrected chi connectivity index (χ0v) is 16.2. The highest BCUT2D eigenvalue weighted by atomic mass is 35.5. The number of halogens is 1. The summed E-state index contributed by atoms with van der Waals surface area (Å²) in [5, 5.41) is 9.23. The maximum Gasteiger partial charge on any atom is 0.227 e. The molecule has 1 aromatic heterocycles. The highest BCUT2D eigenvalue weighted by Crippen LogP contribution is 2.48. The van der Waals surface area contributed by atoms with Gasteiger partial charge in [-0.05, 0) is 37.0 Å². The standard InChI is InChI=1S/C20H24ClN3O3/c1-24(16-9-12-26-13-16)18(25)8-7-17-22-23-19(27-17)20(10-2-11-20)14-3-5-15(21)6-4-14/h3-6,16H,2,7-13H2,1H3. The molecule has 1 saturated heterocycles. The van der Waals surface area contributed by atoms with E-state index in [2.05, 4.69) is 10.2 Å². The third kappa shape index (κ3) is 3.60. The molecule has 1 saturated carbocycles. The van der Waals surface area contributed by atoms with Gasteiger partial charge in [-0.1, -0.05) is 30.2 Å². The summed E-state index contributed by atoms with van der Waals surface area (Å²) in [6.07, 6.45) is 4.83. The van der Waals surface area contributed by atoms with E-state index in [1.165, 1.54) is 0 Å². The van der Waals surface area contributed by atoms with Crippen LogP contribution in [0.1, 0.15) is 49.4 Å². The molecule has 1 aliphatic carbocycles. The molecule has 6 nitrogen and oxygen atoms in total. The molecule has 1 unspecified atom stereocenters. The van der Waals surface area contributed by atoms with Gasteiger partial charge in [-0.15, -0.1) is 10.2 Å². The molecule has 0 N–H and O–H groups in total. The second-order valence-corrected chi connectivity index (χ2v) is 7.90. The second kappa shape index (κ2) is 7.60. The van der Waals surface area contributed by atoms with Crippen LogP contribution in [-0.2, 0) is 21.4 Å². The predicted molar refractivity (Wildman–Crippen MR) is 101 cm³/mol. The molecule has 2 fully saturated rings. The number of amides is 1. The summed E-state index contributed by atoms with van der Waals surface area (Å²) in [5.74, 6) is 1.26.